The molecule has 0 N–H and O–H groups in total. The molecule has 0 saturated carbocycles. The number of quaternary nitrogens is 1. The SMILES string of the molecule is CC/C=C\C/C=C\C/C=C\C/C=C\C/C=C\CCCCCCCCCC(=O)OC(COC(=O)CCCCCCCCCCCCCCCCCC/C=C\C/C=C\C/C=C\CCCCCCC)COC(OCC[N+](C)(C)C)C(=O)[O-]. The summed E-state index contributed by atoms with van der Waals surface area (Å²) in [6.07, 6.45) is 79.0. The van der Waals surface area contributed by atoms with Crippen molar-refractivity contribution in [2.24, 2.45) is 0 Å². The second-order valence-corrected chi connectivity index (χ2v) is 22.7. The standard InChI is InChI=1S/C70H121NO8/c1-6-8-10-12-14-16-18-20-22-24-26-28-30-31-32-33-34-35-36-37-39-40-42-44-46-48-50-52-54-56-58-60-67(72)77-64-66(65-78-70(69(74)75)76-63-62-71(3,4)5)79-68(73)61-59-57-55-53-51-49-47-45-43-41-38-29-27-25-23-21-19-17-15-13-11-9-7-2/h9,11,15,17-18,20-21,23-24,26-27,29-31,41,43,66,70H,6-8,10,12-14,16,19,22,25,28,32-40,42,44-65H2,1-5H3/b11-9-,17-15-,20-18-,23-21-,26-24-,29-27-,31-30-,43-41-. The van der Waals surface area contributed by atoms with E-state index in [2.05, 4.69) is 111 Å². The Bertz CT molecular complexity index is 1620. The van der Waals surface area contributed by atoms with Crippen molar-refractivity contribution in [1.82, 2.24) is 0 Å². The van der Waals surface area contributed by atoms with Crippen molar-refractivity contribution in [2.75, 3.05) is 47.5 Å². The van der Waals surface area contributed by atoms with Crippen molar-refractivity contribution in [3.63, 3.8) is 0 Å². The van der Waals surface area contributed by atoms with Crippen molar-refractivity contribution in [3.8, 4) is 0 Å². The highest BCUT2D eigenvalue weighted by atomic mass is 16.7. The molecule has 0 spiro atoms. The summed E-state index contributed by atoms with van der Waals surface area (Å²) in [6, 6.07) is 0. The number of carboxylic acid groups (broad SMARTS) is 1. The number of carbonyl (C=O) groups is 3. The molecule has 0 aromatic heterocycles. The first-order valence-electron chi connectivity index (χ1n) is 32.4. The van der Waals surface area contributed by atoms with Crippen LogP contribution >= 0.6 is 0 Å². The van der Waals surface area contributed by atoms with Crippen LogP contribution in [0.25, 0.3) is 0 Å². The zero-order chi connectivity index (χ0) is 57.6. The van der Waals surface area contributed by atoms with E-state index in [1.807, 2.05) is 21.1 Å². The van der Waals surface area contributed by atoms with E-state index in [0.29, 0.717) is 17.4 Å². The zero-order valence-electron chi connectivity index (χ0n) is 51.7. The number of rotatable bonds is 59. The number of carbonyl (C=O) groups excluding carboxylic acids is 3. The number of carboxylic acids is 1. The van der Waals surface area contributed by atoms with Gasteiger partial charge in [-0.3, -0.25) is 9.59 Å². The minimum atomic E-state index is -1.63. The van der Waals surface area contributed by atoms with Gasteiger partial charge < -0.3 is 33.3 Å². The number of unbranched alkanes of at least 4 members (excludes halogenated alkanes) is 28. The molecular formula is C70H121NO8. The Morgan fingerprint density at radius 1 is 0.392 bits per heavy atom. The van der Waals surface area contributed by atoms with Crippen LogP contribution in [0, 0.1) is 0 Å². The van der Waals surface area contributed by atoms with Gasteiger partial charge in [0.05, 0.1) is 40.3 Å². The number of esters is 2. The largest absolute Gasteiger partial charge is 0.545 e. The molecule has 0 aromatic rings. The number of likely N-dealkylation sites (N-methyl/N-ethyl adjacent to an activating group) is 1. The third kappa shape index (κ3) is 61.7. The maximum atomic E-state index is 12.9. The lowest BCUT2D eigenvalue weighted by atomic mass is 10.0. The summed E-state index contributed by atoms with van der Waals surface area (Å²) in [5.41, 5.74) is 0. The predicted octanol–water partition coefficient (Wildman–Crippen LogP) is 18.4. The molecule has 454 valence electrons. The molecule has 2 unspecified atom stereocenters. The highest BCUT2D eigenvalue weighted by molar-refractivity contribution is 5.70. The second-order valence-electron chi connectivity index (χ2n) is 22.7. The number of allylic oxidation sites excluding steroid dienone is 16. The maximum absolute atomic E-state index is 12.9. The third-order valence-electron chi connectivity index (χ3n) is 13.8. The molecule has 2 atom stereocenters. The first-order valence-corrected chi connectivity index (χ1v) is 32.4. The quantitative estimate of drug-likeness (QED) is 0.0195. The fourth-order valence-electron chi connectivity index (χ4n) is 8.87. The Morgan fingerprint density at radius 3 is 1.08 bits per heavy atom. The van der Waals surface area contributed by atoms with Gasteiger partial charge in [-0.05, 0) is 96.3 Å². The molecule has 0 amide bonds. The van der Waals surface area contributed by atoms with Gasteiger partial charge in [0.1, 0.15) is 13.2 Å². The molecule has 0 rings (SSSR count). The lowest BCUT2D eigenvalue weighted by Crippen LogP contribution is -2.44. The average Bonchev–Trinajstić information content (AvgIpc) is 3.42. The van der Waals surface area contributed by atoms with Crippen molar-refractivity contribution < 1.29 is 42.9 Å². The summed E-state index contributed by atoms with van der Waals surface area (Å²) in [5.74, 6) is -2.30. The average molecular weight is 1100 g/mol. The van der Waals surface area contributed by atoms with Crippen LogP contribution in [0.2, 0.25) is 0 Å². The molecule has 0 aliphatic heterocycles. The lowest BCUT2D eigenvalue weighted by Gasteiger charge is -2.26. The topological polar surface area (TPSA) is 111 Å². The van der Waals surface area contributed by atoms with E-state index in [0.717, 1.165) is 89.9 Å². The number of hydrogen-bond donors (Lipinski definition) is 0. The number of hydrogen-bond acceptors (Lipinski definition) is 8. The van der Waals surface area contributed by atoms with Crippen LogP contribution in [0.1, 0.15) is 271 Å². The molecule has 9 nitrogen and oxygen atoms in total. The van der Waals surface area contributed by atoms with Gasteiger partial charge >= 0.3 is 11.9 Å². The third-order valence-corrected chi connectivity index (χ3v) is 13.8. The van der Waals surface area contributed by atoms with Crippen LogP contribution in [-0.2, 0) is 33.3 Å². The number of nitrogens with zero attached hydrogens (tertiary/aromatic N) is 1. The summed E-state index contributed by atoms with van der Waals surface area (Å²) in [4.78, 5) is 37.4. The molecule has 0 radical (unpaired) electrons. The second kappa shape index (κ2) is 60.3. The molecule has 0 aliphatic carbocycles. The molecule has 0 heterocycles. The van der Waals surface area contributed by atoms with Crippen molar-refractivity contribution in [1.29, 1.82) is 0 Å². The molecule has 0 aromatic carbocycles. The van der Waals surface area contributed by atoms with E-state index >= 15 is 0 Å². The monoisotopic (exact) mass is 1100 g/mol. The van der Waals surface area contributed by atoms with E-state index < -0.39 is 24.3 Å². The minimum absolute atomic E-state index is 0.141. The van der Waals surface area contributed by atoms with E-state index in [4.69, 9.17) is 18.9 Å². The van der Waals surface area contributed by atoms with E-state index in [9.17, 15) is 19.5 Å². The fraction of sp³-hybridized carbons (Fsp3) is 0.729. The van der Waals surface area contributed by atoms with Gasteiger partial charge in [0.15, 0.2) is 12.4 Å². The van der Waals surface area contributed by atoms with Crippen LogP contribution in [0.15, 0.2) is 97.2 Å². The Balaban J connectivity index is 4.17. The van der Waals surface area contributed by atoms with E-state index in [-0.39, 0.29) is 38.6 Å². The van der Waals surface area contributed by atoms with E-state index in [1.54, 1.807) is 0 Å². The molecule has 0 saturated heterocycles. The zero-order valence-corrected chi connectivity index (χ0v) is 51.7. The molecule has 0 fully saturated rings. The lowest BCUT2D eigenvalue weighted by molar-refractivity contribution is -0.870. The molecule has 0 bridgehead atoms. The highest BCUT2D eigenvalue weighted by Crippen LogP contribution is 2.16. The first-order chi connectivity index (χ1) is 38.6. The van der Waals surface area contributed by atoms with Crippen LogP contribution in [0.5, 0.6) is 0 Å². The summed E-state index contributed by atoms with van der Waals surface area (Å²) in [6.45, 7) is 4.62. The molecule has 0 aliphatic rings. The smallest absolute Gasteiger partial charge is 0.306 e. The normalized spacial score (nSPS) is 13.4. The minimum Gasteiger partial charge on any atom is -0.545 e. The summed E-state index contributed by atoms with van der Waals surface area (Å²) < 4.78 is 22.7. The van der Waals surface area contributed by atoms with E-state index in [1.165, 1.54) is 148 Å². The van der Waals surface area contributed by atoms with Crippen molar-refractivity contribution in [2.45, 2.75) is 283 Å². The predicted molar refractivity (Wildman–Crippen MR) is 334 cm³/mol. The van der Waals surface area contributed by atoms with Crippen LogP contribution in [0.4, 0.5) is 0 Å². The fourth-order valence-corrected chi connectivity index (χ4v) is 8.87. The Kier molecular flexibility index (Phi) is 57.4. The van der Waals surface area contributed by atoms with Crippen LogP contribution in [0.3, 0.4) is 0 Å². The first kappa shape index (κ1) is 75.2. The van der Waals surface area contributed by atoms with Crippen molar-refractivity contribution >= 4 is 17.9 Å². The Hall–Kier alpha value is -3.79. The van der Waals surface area contributed by atoms with Crippen LogP contribution < -0.4 is 5.11 Å². The van der Waals surface area contributed by atoms with Gasteiger partial charge in [-0.2, -0.15) is 0 Å². The van der Waals surface area contributed by atoms with Gasteiger partial charge in [0.2, 0.25) is 0 Å². The van der Waals surface area contributed by atoms with Gasteiger partial charge in [-0.25, -0.2) is 0 Å². The molecule has 79 heavy (non-hydrogen) atoms. The summed E-state index contributed by atoms with van der Waals surface area (Å²) >= 11 is 0. The van der Waals surface area contributed by atoms with Gasteiger partial charge in [-0.15, -0.1) is 0 Å². The maximum Gasteiger partial charge on any atom is 0.306 e. The van der Waals surface area contributed by atoms with Crippen molar-refractivity contribution in [3.05, 3.63) is 97.2 Å². The summed E-state index contributed by atoms with van der Waals surface area (Å²) in [5, 5.41) is 11.8. The van der Waals surface area contributed by atoms with Crippen LogP contribution in [-0.4, -0.2) is 82.3 Å². The van der Waals surface area contributed by atoms with Gasteiger partial charge in [-0.1, -0.05) is 259 Å². The van der Waals surface area contributed by atoms with Gasteiger partial charge in [0, 0.05) is 12.8 Å². The molecular weight excluding hydrogens is 983 g/mol. The Morgan fingerprint density at radius 2 is 0.722 bits per heavy atom. The molecule has 9 heteroatoms. The van der Waals surface area contributed by atoms with Gasteiger partial charge in [0.25, 0.3) is 0 Å². The summed E-state index contributed by atoms with van der Waals surface area (Å²) in [7, 11) is 5.92. The number of ether oxygens (including phenoxy) is 4. The number of aliphatic carboxylic acids is 1. The highest BCUT2D eigenvalue weighted by Gasteiger charge is 2.22. The Labute approximate surface area is 486 Å².